The molecule has 0 bridgehead atoms. The number of hydrogen-bond acceptors (Lipinski definition) is 10. The SMILES string of the molecule is NC(=O)C1(NC(=O)[C@H](CCCC(=O)O)NC(=O)[C@H](CCCCNC(=O)/C=C/c2cccnc2)NC(=O)c2ccc(Nc3nc4ccccc4s3)cc2)CCCCC1. The number of fused-ring (bicyclic) bond motifs is 1. The number of unbranched alkanes of at least 4 members (excludes halogenated alkanes) is 1. The number of para-hydroxylation sites is 1. The average Bonchev–Trinajstić information content (AvgIpc) is 3.62. The molecule has 0 unspecified atom stereocenters. The van der Waals surface area contributed by atoms with Gasteiger partial charge in [-0.2, -0.15) is 0 Å². The Bertz CT molecular complexity index is 2020. The highest BCUT2D eigenvalue weighted by Crippen LogP contribution is 2.29. The molecule has 1 saturated carbocycles. The number of primary amides is 1. The molecule has 0 saturated heterocycles. The molecule has 2 atom stereocenters. The lowest BCUT2D eigenvalue weighted by Gasteiger charge is -2.36. The number of carbonyl (C=O) groups excluding carboxylic acids is 5. The zero-order chi connectivity index (χ0) is 40.6. The first-order valence-electron chi connectivity index (χ1n) is 19.0. The van der Waals surface area contributed by atoms with Crippen molar-refractivity contribution in [3.63, 3.8) is 0 Å². The molecule has 1 aliphatic carbocycles. The number of nitrogens with one attached hydrogen (secondary N) is 5. The van der Waals surface area contributed by atoms with Crippen molar-refractivity contribution in [1.29, 1.82) is 0 Å². The first kappa shape index (κ1) is 42.0. The standard InChI is InChI=1S/C41H48N8O7S/c42-39(56)41(22-5-1-6-23-41)49-38(55)32(13-8-15-35(51)52)47-37(54)31(12-4-7-25-44-34(50)21-16-27-10-9-24-43-26-27)46-36(53)28-17-19-29(20-18-28)45-40-48-30-11-2-3-14-33(30)57-40/h2-3,9-11,14,16-21,24,26,31-32H,1,4-8,12-13,15,22-23,25H2,(H2,42,56)(H,44,50)(H,45,48)(H,46,53)(H,47,54)(H,49,55)(H,51,52)/b21-16+/t31-,32-/m0/s1. The number of nitrogens with two attached hydrogens (primary N) is 1. The molecule has 1 fully saturated rings. The quantitative estimate of drug-likeness (QED) is 0.0486. The van der Waals surface area contributed by atoms with E-state index in [0.29, 0.717) is 55.9 Å². The van der Waals surface area contributed by atoms with Crippen LogP contribution in [0, 0.1) is 0 Å². The molecule has 16 heteroatoms. The largest absolute Gasteiger partial charge is 0.481 e. The minimum absolute atomic E-state index is 0.0267. The first-order chi connectivity index (χ1) is 27.5. The summed E-state index contributed by atoms with van der Waals surface area (Å²) in [6.45, 7) is 0.303. The molecule has 300 valence electrons. The van der Waals surface area contributed by atoms with E-state index in [-0.39, 0.29) is 37.2 Å². The van der Waals surface area contributed by atoms with Crippen LogP contribution in [0.3, 0.4) is 0 Å². The summed E-state index contributed by atoms with van der Waals surface area (Å²) in [5, 5.41) is 24.3. The summed E-state index contributed by atoms with van der Waals surface area (Å²) in [6.07, 6.45) is 10.1. The van der Waals surface area contributed by atoms with Gasteiger partial charge in [-0.3, -0.25) is 33.8 Å². The minimum Gasteiger partial charge on any atom is -0.481 e. The topological polar surface area (TPSA) is 235 Å². The van der Waals surface area contributed by atoms with E-state index in [2.05, 4.69) is 36.6 Å². The van der Waals surface area contributed by atoms with Gasteiger partial charge >= 0.3 is 5.97 Å². The molecule has 5 amide bonds. The maximum absolute atomic E-state index is 13.9. The molecule has 0 radical (unpaired) electrons. The molecule has 5 rings (SSSR count). The number of thiazole rings is 1. The minimum atomic E-state index is -1.27. The highest BCUT2D eigenvalue weighted by molar-refractivity contribution is 7.22. The second kappa shape index (κ2) is 20.7. The zero-order valence-electron chi connectivity index (χ0n) is 31.5. The zero-order valence-corrected chi connectivity index (χ0v) is 32.3. The van der Waals surface area contributed by atoms with Crippen molar-refractivity contribution in [2.75, 3.05) is 11.9 Å². The molecule has 15 nitrogen and oxygen atoms in total. The molecule has 2 aromatic heterocycles. The maximum Gasteiger partial charge on any atom is 0.303 e. The molecule has 2 heterocycles. The third-order valence-corrected chi connectivity index (χ3v) is 10.7. The number of rotatable bonds is 20. The summed E-state index contributed by atoms with van der Waals surface area (Å²) in [5.41, 5.74) is 7.11. The Hall–Kier alpha value is -6.16. The maximum atomic E-state index is 13.9. The van der Waals surface area contributed by atoms with Gasteiger partial charge in [0.05, 0.1) is 10.2 Å². The van der Waals surface area contributed by atoms with Crippen molar-refractivity contribution < 1.29 is 33.9 Å². The lowest BCUT2D eigenvalue weighted by atomic mass is 9.80. The average molecular weight is 797 g/mol. The van der Waals surface area contributed by atoms with Crippen LogP contribution in [-0.4, -0.2) is 74.7 Å². The number of hydrogen-bond donors (Lipinski definition) is 7. The van der Waals surface area contributed by atoms with Gasteiger partial charge in [-0.15, -0.1) is 0 Å². The van der Waals surface area contributed by atoms with Gasteiger partial charge in [-0.05, 0) is 99.0 Å². The van der Waals surface area contributed by atoms with Gasteiger partial charge in [0, 0.05) is 42.7 Å². The highest BCUT2D eigenvalue weighted by Gasteiger charge is 2.41. The van der Waals surface area contributed by atoms with Crippen molar-refractivity contribution in [3.8, 4) is 0 Å². The molecule has 0 aliphatic heterocycles. The van der Waals surface area contributed by atoms with Crippen LogP contribution in [0.2, 0.25) is 0 Å². The highest BCUT2D eigenvalue weighted by atomic mass is 32.1. The molecular formula is C41H48N8O7S. The van der Waals surface area contributed by atoms with Crippen molar-refractivity contribution in [2.24, 2.45) is 5.73 Å². The van der Waals surface area contributed by atoms with E-state index < -0.39 is 47.2 Å². The summed E-state index contributed by atoms with van der Waals surface area (Å²) in [4.78, 5) is 86.0. The van der Waals surface area contributed by atoms with Gasteiger partial charge in [0.15, 0.2) is 5.13 Å². The second-order valence-electron chi connectivity index (χ2n) is 14.0. The van der Waals surface area contributed by atoms with Crippen LogP contribution in [0.4, 0.5) is 10.8 Å². The number of carboxylic acids is 1. The first-order valence-corrected chi connectivity index (χ1v) is 19.9. The van der Waals surface area contributed by atoms with Crippen LogP contribution in [0.1, 0.15) is 86.6 Å². The molecule has 0 spiro atoms. The number of anilines is 2. The normalized spacial score (nSPS) is 14.6. The third kappa shape index (κ3) is 12.7. The number of pyridine rings is 1. The number of amides is 5. The smallest absolute Gasteiger partial charge is 0.303 e. The summed E-state index contributed by atoms with van der Waals surface area (Å²) < 4.78 is 1.03. The van der Waals surface area contributed by atoms with Gasteiger partial charge in [-0.25, -0.2) is 4.98 Å². The summed E-state index contributed by atoms with van der Waals surface area (Å²) in [6, 6.07) is 15.7. The number of nitrogens with zero attached hydrogens (tertiary/aromatic N) is 2. The van der Waals surface area contributed by atoms with Crippen LogP contribution in [0.15, 0.2) is 79.1 Å². The van der Waals surface area contributed by atoms with Crippen molar-refractivity contribution >= 4 is 74.0 Å². The second-order valence-corrected chi connectivity index (χ2v) is 15.0. The predicted molar refractivity (Wildman–Crippen MR) is 217 cm³/mol. The Kier molecular flexibility index (Phi) is 15.2. The van der Waals surface area contributed by atoms with Crippen LogP contribution in [0.25, 0.3) is 16.3 Å². The van der Waals surface area contributed by atoms with E-state index in [1.165, 1.54) is 17.4 Å². The molecule has 4 aromatic rings. The Labute approximate surface area is 334 Å². The molecule has 8 N–H and O–H groups in total. The predicted octanol–water partition coefficient (Wildman–Crippen LogP) is 4.58. The Morgan fingerprint density at radius 1 is 0.860 bits per heavy atom. The number of aliphatic carboxylic acids is 1. The Morgan fingerprint density at radius 2 is 1.60 bits per heavy atom. The molecule has 2 aromatic carbocycles. The number of carbonyl (C=O) groups is 6. The van der Waals surface area contributed by atoms with E-state index in [1.807, 2.05) is 30.3 Å². The van der Waals surface area contributed by atoms with Crippen molar-refractivity contribution in [3.05, 3.63) is 90.3 Å². The van der Waals surface area contributed by atoms with E-state index in [4.69, 9.17) is 5.73 Å². The molecular weight excluding hydrogens is 749 g/mol. The van der Waals surface area contributed by atoms with Gasteiger partial charge < -0.3 is 37.4 Å². The monoisotopic (exact) mass is 796 g/mol. The molecule has 1 aliphatic rings. The summed E-state index contributed by atoms with van der Waals surface area (Å²) >= 11 is 1.50. The summed E-state index contributed by atoms with van der Waals surface area (Å²) in [7, 11) is 0. The van der Waals surface area contributed by atoms with Crippen LogP contribution < -0.4 is 32.3 Å². The van der Waals surface area contributed by atoms with E-state index in [9.17, 15) is 33.9 Å². The van der Waals surface area contributed by atoms with Crippen LogP contribution in [0.5, 0.6) is 0 Å². The Balaban J connectivity index is 1.25. The third-order valence-electron chi connectivity index (χ3n) is 9.70. The van der Waals surface area contributed by atoms with E-state index in [0.717, 1.165) is 22.2 Å². The summed E-state index contributed by atoms with van der Waals surface area (Å²) in [5.74, 6) is -3.88. The fraction of sp³-hybridized carbons (Fsp3) is 0.366. The fourth-order valence-electron chi connectivity index (χ4n) is 6.56. The fourth-order valence-corrected chi connectivity index (χ4v) is 7.45. The van der Waals surface area contributed by atoms with Crippen molar-refractivity contribution in [2.45, 2.75) is 88.3 Å². The number of aromatic nitrogens is 2. The van der Waals surface area contributed by atoms with Gasteiger partial charge in [0.2, 0.25) is 23.6 Å². The van der Waals surface area contributed by atoms with Crippen LogP contribution >= 0.6 is 11.3 Å². The van der Waals surface area contributed by atoms with E-state index >= 15 is 0 Å². The Morgan fingerprint density at radius 3 is 2.30 bits per heavy atom. The van der Waals surface area contributed by atoms with Gasteiger partial charge in [-0.1, -0.05) is 48.8 Å². The molecule has 57 heavy (non-hydrogen) atoms. The lowest BCUT2D eigenvalue weighted by Crippen LogP contribution is -2.62. The van der Waals surface area contributed by atoms with Crippen molar-refractivity contribution in [1.82, 2.24) is 31.2 Å². The number of benzene rings is 2. The van der Waals surface area contributed by atoms with Gasteiger partial charge in [0.1, 0.15) is 17.6 Å². The van der Waals surface area contributed by atoms with Gasteiger partial charge in [0.25, 0.3) is 5.91 Å². The lowest BCUT2D eigenvalue weighted by molar-refractivity contribution is -0.137. The van der Waals surface area contributed by atoms with E-state index in [1.54, 1.807) is 48.8 Å². The van der Waals surface area contributed by atoms with Crippen LogP contribution in [-0.2, 0) is 24.0 Å². The number of carboxylic acid groups (broad SMARTS) is 1.